The van der Waals surface area contributed by atoms with E-state index in [1.54, 1.807) is 0 Å². The third kappa shape index (κ3) is 3.41. The minimum Gasteiger partial charge on any atom is -0.456 e. The summed E-state index contributed by atoms with van der Waals surface area (Å²) < 4.78 is 6.16. The molecule has 0 spiro atoms. The van der Waals surface area contributed by atoms with Gasteiger partial charge in [0.1, 0.15) is 11.2 Å². The Hall–Kier alpha value is -5.86. The maximum Gasteiger partial charge on any atom is 0.135 e. The van der Waals surface area contributed by atoms with Gasteiger partial charge in [0.25, 0.3) is 0 Å². The van der Waals surface area contributed by atoms with Crippen molar-refractivity contribution in [2.75, 3.05) is 4.90 Å². The van der Waals surface area contributed by atoms with Gasteiger partial charge in [0.15, 0.2) is 0 Å². The molecule has 2 aliphatic rings. The zero-order valence-electron chi connectivity index (χ0n) is 25.4. The van der Waals surface area contributed by atoms with E-state index in [1.807, 2.05) is 12.1 Å². The molecule has 1 aliphatic heterocycles. The van der Waals surface area contributed by atoms with Crippen molar-refractivity contribution >= 4 is 39.0 Å². The summed E-state index contributed by atoms with van der Waals surface area (Å²) in [5.74, 6) is 0. The summed E-state index contributed by atoms with van der Waals surface area (Å²) in [6, 6.07) is 57.3. The zero-order valence-corrected chi connectivity index (χ0v) is 25.4. The van der Waals surface area contributed by atoms with Gasteiger partial charge in [-0.2, -0.15) is 0 Å². The molecule has 0 N–H and O–H groups in total. The molecule has 1 unspecified atom stereocenters. The molecule has 2 nitrogen and oxygen atoms in total. The van der Waals surface area contributed by atoms with Gasteiger partial charge in [0, 0.05) is 21.9 Å². The van der Waals surface area contributed by atoms with Crippen LogP contribution in [0.1, 0.15) is 23.6 Å². The summed E-state index contributed by atoms with van der Waals surface area (Å²) in [5.41, 5.74) is 16.7. The Bertz CT molecular complexity index is 2490. The fourth-order valence-corrected chi connectivity index (χ4v) is 8.10. The standard InChI is InChI=1S/C44H29NO/c1-44-37-15-7-5-12-33(37)35-14-9-16-40(43(35)44)45(32-22-18-29(19-23-32)28-10-3-2-4-11-28)39-24-20-31(27-38(39)44)30-21-25-42-36(26-30)34-13-6-8-17-41(34)46-42/h2-27H,1H3. The smallest absolute Gasteiger partial charge is 0.135 e. The van der Waals surface area contributed by atoms with Gasteiger partial charge in [-0.15, -0.1) is 0 Å². The molecule has 1 atom stereocenters. The lowest BCUT2D eigenvalue weighted by Gasteiger charge is -2.42. The van der Waals surface area contributed by atoms with Crippen molar-refractivity contribution in [2.45, 2.75) is 12.3 Å². The molecule has 0 amide bonds. The number of benzene rings is 7. The van der Waals surface area contributed by atoms with Crippen LogP contribution in [0.4, 0.5) is 17.1 Å². The van der Waals surface area contributed by atoms with E-state index < -0.39 is 0 Å². The predicted octanol–water partition coefficient (Wildman–Crippen LogP) is 12.0. The van der Waals surface area contributed by atoms with Crippen LogP contribution in [0, 0.1) is 0 Å². The Morgan fingerprint density at radius 2 is 1.13 bits per heavy atom. The van der Waals surface area contributed by atoms with E-state index in [4.69, 9.17) is 4.42 Å². The summed E-state index contributed by atoms with van der Waals surface area (Å²) >= 11 is 0. The number of hydrogen-bond donors (Lipinski definition) is 0. The lowest BCUT2D eigenvalue weighted by atomic mass is 9.70. The summed E-state index contributed by atoms with van der Waals surface area (Å²) in [6.07, 6.45) is 0. The molecule has 0 bridgehead atoms. The minimum absolute atomic E-state index is 0.291. The van der Waals surface area contributed by atoms with Crippen molar-refractivity contribution < 1.29 is 4.42 Å². The first-order valence-corrected chi connectivity index (χ1v) is 15.9. The Morgan fingerprint density at radius 1 is 0.457 bits per heavy atom. The van der Waals surface area contributed by atoms with Crippen molar-refractivity contribution in [2.24, 2.45) is 0 Å². The maximum absolute atomic E-state index is 6.16. The first kappa shape index (κ1) is 25.5. The van der Waals surface area contributed by atoms with Gasteiger partial charge in [-0.1, -0.05) is 109 Å². The van der Waals surface area contributed by atoms with E-state index >= 15 is 0 Å². The van der Waals surface area contributed by atoms with Crippen molar-refractivity contribution in [3.05, 3.63) is 174 Å². The van der Waals surface area contributed by atoms with E-state index in [0.29, 0.717) is 0 Å². The Morgan fingerprint density at radius 3 is 2.02 bits per heavy atom. The van der Waals surface area contributed by atoms with E-state index in [9.17, 15) is 0 Å². The second-order valence-electron chi connectivity index (χ2n) is 12.7. The Balaban J connectivity index is 1.20. The lowest BCUT2D eigenvalue weighted by molar-refractivity contribution is 0.669. The highest BCUT2D eigenvalue weighted by Gasteiger charge is 2.48. The van der Waals surface area contributed by atoms with Crippen molar-refractivity contribution in [1.82, 2.24) is 0 Å². The Labute approximate surface area is 267 Å². The second kappa shape index (κ2) is 9.32. The molecule has 0 saturated heterocycles. The van der Waals surface area contributed by atoms with Crippen molar-refractivity contribution in [3.63, 3.8) is 0 Å². The van der Waals surface area contributed by atoms with Crippen LogP contribution in [0.5, 0.6) is 0 Å². The van der Waals surface area contributed by atoms with Crippen LogP contribution >= 0.6 is 0 Å². The number of hydrogen-bond acceptors (Lipinski definition) is 2. The summed E-state index contributed by atoms with van der Waals surface area (Å²) in [4.78, 5) is 2.47. The molecule has 1 aliphatic carbocycles. The highest BCUT2D eigenvalue weighted by molar-refractivity contribution is 6.06. The Kier molecular flexibility index (Phi) is 5.16. The van der Waals surface area contributed by atoms with Crippen molar-refractivity contribution in [3.8, 4) is 33.4 Å². The molecule has 2 heterocycles. The molecular formula is C44H29NO. The number of fused-ring (bicyclic) bond motifs is 8. The molecule has 46 heavy (non-hydrogen) atoms. The zero-order chi connectivity index (χ0) is 30.4. The SMILES string of the molecule is CC12c3ccccc3-c3cccc(c31)N(c1ccc(-c3ccccc3)cc1)c1ccc(-c3ccc4oc5ccccc5c4c3)cc12. The third-order valence-corrected chi connectivity index (χ3v) is 10.3. The molecule has 1 aromatic heterocycles. The summed E-state index contributed by atoms with van der Waals surface area (Å²) in [6.45, 7) is 2.42. The van der Waals surface area contributed by atoms with E-state index in [-0.39, 0.29) is 5.41 Å². The number of rotatable bonds is 3. The molecule has 0 radical (unpaired) electrons. The molecule has 8 aromatic rings. The van der Waals surface area contributed by atoms with Gasteiger partial charge in [-0.3, -0.25) is 0 Å². The summed E-state index contributed by atoms with van der Waals surface area (Å²) in [5, 5.41) is 2.30. The maximum atomic E-state index is 6.16. The van der Waals surface area contributed by atoms with Gasteiger partial charge in [0.05, 0.1) is 11.4 Å². The monoisotopic (exact) mass is 587 g/mol. The predicted molar refractivity (Wildman–Crippen MR) is 190 cm³/mol. The van der Waals surface area contributed by atoms with Crippen LogP contribution in [-0.2, 0) is 5.41 Å². The van der Waals surface area contributed by atoms with Gasteiger partial charge >= 0.3 is 0 Å². The normalized spacial score (nSPS) is 16.0. The van der Waals surface area contributed by atoms with Crippen LogP contribution < -0.4 is 4.90 Å². The van der Waals surface area contributed by atoms with Crippen LogP contribution in [0.3, 0.4) is 0 Å². The largest absolute Gasteiger partial charge is 0.456 e. The number of nitrogens with zero attached hydrogens (tertiary/aromatic N) is 1. The highest BCUT2D eigenvalue weighted by atomic mass is 16.3. The van der Waals surface area contributed by atoms with Crippen LogP contribution in [0.2, 0.25) is 0 Å². The molecule has 0 fully saturated rings. The van der Waals surface area contributed by atoms with E-state index in [2.05, 4.69) is 157 Å². The highest BCUT2D eigenvalue weighted by Crippen LogP contribution is 2.62. The molecule has 10 rings (SSSR count). The second-order valence-corrected chi connectivity index (χ2v) is 12.7. The van der Waals surface area contributed by atoms with Crippen LogP contribution in [-0.4, -0.2) is 0 Å². The number of furan rings is 1. The van der Waals surface area contributed by atoms with Gasteiger partial charge in [0.2, 0.25) is 0 Å². The molecule has 2 heteroatoms. The van der Waals surface area contributed by atoms with Gasteiger partial charge < -0.3 is 9.32 Å². The first-order chi connectivity index (χ1) is 22.7. The first-order valence-electron chi connectivity index (χ1n) is 15.9. The molecule has 0 saturated carbocycles. The minimum atomic E-state index is -0.291. The third-order valence-electron chi connectivity index (χ3n) is 10.3. The summed E-state index contributed by atoms with van der Waals surface area (Å²) in [7, 11) is 0. The fraction of sp³-hybridized carbons (Fsp3) is 0.0455. The average molecular weight is 588 g/mol. The van der Waals surface area contributed by atoms with Crippen LogP contribution in [0.15, 0.2) is 162 Å². The molecule has 216 valence electrons. The topological polar surface area (TPSA) is 16.4 Å². The lowest BCUT2D eigenvalue weighted by Crippen LogP contribution is -2.32. The van der Waals surface area contributed by atoms with Crippen molar-refractivity contribution in [1.29, 1.82) is 0 Å². The molecular weight excluding hydrogens is 558 g/mol. The van der Waals surface area contributed by atoms with Gasteiger partial charge in [-0.25, -0.2) is 0 Å². The quantitative estimate of drug-likeness (QED) is 0.204. The van der Waals surface area contributed by atoms with E-state index in [1.165, 1.54) is 61.4 Å². The average Bonchev–Trinajstić information content (AvgIpc) is 3.63. The molecule has 7 aromatic carbocycles. The van der Waals surface area contributed by atoms with Crippen LogP contribution in [0.25, 0.3) is 55.3 Å². The number of anilines is 3. The fourth-order valence-electron chi connectivity index (χ4n) is 8.10. The van der Waals surface area contributed by atoms with E-state index in [0.717, 1.165) is 27.6 Å². The number of para-hydroxylation sites is 1. The van der Waals surface area contributed by atoms with Gasteiger partial charge in [-0.05, 0) is 106 Å².